The van der Waals surface area contributed by atoms with E-state index in [0.717, 1.165) is 18.2 Å². The van der Waals surface area contributed by atoms with Crippen molar-refractivity contribution in [1.29, 1.82) is 0 Å². The molecule has 2 rings (SSSR count). The second-order valence-electron chi connectivity index (χ2n) is 9.07. The van der Waals surface area contributed by atoms with E-state index in [4.69, 9.17) is 11.6 Å². The van der Waals surface area contributed by atoms with Crippen molar-refractivity contribution in [3.8, 4) is 0 Å². The van der Waals surface area contributed by atoms with Gasteiger partial charge in [0.1, 0.15) is 6.04 Å². The number of carbonyl (C=O) groups excluding carboxylic acids is 2. The zero-order valence-corrected chi connectivity index (χ0v) is 23.4. The molecule has 0 bridgehead atoms. The molecule has 0 saturated carbocycles. The fourth-order valence-corrected chi connectivity index (χ4v) is 5.17. The molecule has 198 valence electrons. The number of hydrogen-bond donors (Lipinski definition) is 1. The monoisotopic (exact) mass is 535 g/mol. The van der Waals surface area contributed by atoms with Crippen LogP contribution in [0.5, 0.6) is 0 Å². The lowest BCUT2D eigenvalue weighted by atomic mass is 10.1. The first-order chi connectivity index (χ1) is 17.0. The third kappa shape index (κ3) is 8.23. The van der Waals surface area contributed by atoms with Crippen molar-refractivity contribution >= 4 is 39.1 Å². The maximum absolute atomic E-state index is 13.5. The van der Waals surface area contributed by atoms with Crippen molar-refractivity contribution < 1.29 is 18.0 Å². The summed E-state index contributed by atoms with van der Waals surface area (Å²) in [7, 11) is -3.59. The summed E-state index contributed by atoms with van der Waals surface area (Å²) in [6.07, 6.45) is 2.80. The smallest absolute Gasteiger partial charge is 0.243 e. The summed E-state index contributed by atoms with van der Waals surface area (Å²) >= 11 is 6.22. The molecule has 2 aromatic carbocycles. The van der Waals surface area contributed by atoms with Crippen LogP contribution in [0, 0.1) is 6.92 Å². The van der Waals surface area contributed by atoms with Crippen LogP contribution in [0.15, 0.2) is 48.5 Å². The Balaban J connectivity index is 2.23. The van der Waals surface area contributed by atoms with Gasteiger partial charge in [-0.25, -0.2) is 8.42 Å². The first-order valence-electron chi connectivity index (χ1n) is 12.4. The molecule has 0 aliphatic rings. The average molecular weight is 536 g/mol. The van der Waals surface area contributed by atoms with Gasteiger partial charge in [0.15, 0.2) is 0 Å². The Kier molecular flexibility index (Phi) is 11.2. The van der Waals surface area contributed by atoms with Crippen LogP contribution in [-0.4, -0.2) is 50.0 Å². The minimum absolute atomic E-state index is 0.00415. The van der Waals surface area contributed by atoms with Gasteiger partial charge in [-0.2, -0.15) is 0 Å². The van der Waals surface area contributed by atoms with Crippen molar-refractivity contribution in [3.05, 3.63) is 64.7 Å². The molecule has 0 aromatic heterocycles. The Bertz CT molecular complexity index is 1130. The zero-order chi connectivity index (χ0) is 26.9. The first kappa shape index (κ1) is 29.6. The van der Waals surface area contributed by atoms with Gasteiger partial charge in [0, 0.05) is 30.6 Å². The van der Waals surface area contributed by atoms with Crippen molar-refractivity contribution in [3.63, 3.8) is 0 Å². The summed E-state index contributed by atoms with van der Waals surface area (Å²) in [4.78, 5) is 28.1. The molecule has 1 N–H and O–H groups in total. The lowest BCUT2D eigenvalue weighted by Gasteiger charge is -2.32. The highest BCUT2D eigenvalue weighted by atomic mass is 35.5. The number of benzene rings is 2. The van der Waals surface area contributed by atoms with E-state index in [2.05, 4.69) is 5.32 Å². The van der Waals surface area contributed by atoms with Gasteiger partial charge < -0.3 is 10.2 Å². The maximum Gasteiger partial charge on any atom is 0.243 e. The molecule has 0 heterocycles. The minimum Gasteiger partial charge on any atom is -0.352 e. The van der Waals surface area contributed by atoms with E-state index in [1.54, 1.807) is 30.0 Å². The molecule has 2 amide bonds. The van der Waals surface area contributed by atoms with E-state index in [1.165, 1.54) is 4.31 Å². The molecule has 0 radical (unpaired) electrons. The van der Waals surface area contributed by atoms with Crippen LogP contribution in [0.1, 0.15) is 57.6 Å². The Morgan fingerprint density at radius 1 is 1.03 bits per heavy atom. The molecule has 0 aliphatic carbocycles. The summed E-state index contributed by atoms with van der Waals surface area (Å²) in [6.45, 7) is 8.01. The summed E-state index contributed by atoms with van der Waals surface area (Å²) in [5.41, 5.74) is 2.08. The highest BCUT2D eigenvalue weighted by molar-refractivity contribution is 7.92. The van der Waals surface area contributed by atoms with Gasteiger partial charge in [0.05, 0.1) is 11.9 Å². The largest absolute Gasteiger partial charge is 0.352 e. The third-order valence-electron chi connectivity index (χ3n) is 6.24. The third-order valence-corrected chi connectivity index (χ3v) is 7.83. The number of halogens is 1. The van der Waals surface area contributed by atoms with E-state index in [1.807, 2.05) is 51.1 Å². The molecule has 0 aliphatic heterocycles. The number of sulfonamides is 1. The lowest BCUT2D eigenvalue weighted by molar-refractivity contribution is -0.141. The number of anilines is 1. The number of carbonyl (C=O) groups is 2. The zero-order valence-electron chi connectivity index (χ0n) is 21.8. The first-order valence-corrected chi connectivity index (χ1v) is 14.6. The van der Waals surface area contributed by atoms with E-state index in [0.29, 0.717) is 35.7 Å². The lowest BCUT2D eigenvalue weighted by Crippen LogP contribution is -2.50. The number of nitrogens with one attached hydrogen (secondary N) is 1. The Morgan fingerprint density at radius 3 is 2.28 bits per heavy atom. The second kappa shape index (κ2) is 13.7. The normalized spacial score (nSPS) is 13.1. The molecule has 0 spiro atoms. The van der Waals surface area contributed by atoms with Gasteiger partial charge in [0.25, 0.3) is 0 Å². The molecule has 36 heavy (non-hydrogen) atoms. The van der Waals surface area contributed by atoms with Crippen molar-refractivity contribution in [2.24, 2.45) is 0 Å². The van der Waals surface area contributed by atoms with Gasteiger partial charge in [-0.1, -0.05) is 61.8 Å². The molecular formula is C27H38ClN3O4S. The van der Waals surface area contributed by atoms with Crippen LogP contribution in [0.2, 0.25) is 5.02 Å². The van der Waals surface area contributed by atoms with Gasteiger partial charge >= 0.3 is 0 Å². The van der Waals surface area contributed by atoms with Gasteiger partial charge in [0.2, 0.25) is 21.8 Å². The fraction of sp³-hybridized carbons (Fsp3) is 0.481. The Hall–Kier alpha value is -2.58. The predicted octanol–water partition coefficient (Wildman–Crippen LogP) is 4.92. The summed E-state index contributed by atoms with van der Waals surface area (Å²) in [5, 5.41) is 3.47. The summed E-state index contributed by atoms with van der Waals surface area (Å²) in [5.74, 6) is -0.371. The standard InChI is InChI=1S/C27H38ClN3O4S/c1-6-20(3)29-27(33)24(7-2)30(19-22-13-9-8-10-14-22)26(32)17-12-18-31(36(5,34)35)25-16-11-15-23(28)21(25)4/h8-11,13-16,20,24H,6-7,12,17-19H2,1-5H3,(H,29,33)/t20-,24+/m1/s1. The van der Waals surface area contributed by atoms with Gasteiger partial charge in [-0.05, 0) is 56.4 Å². The molecule has 9 heteroatoms. The molecule has 0 saturated heterocycles. The molecule has 2 atom stereocenters. The van der Waals surface area contributed by atoms with Crippen molar-refractivity contribution in [2.75, 3.05) is 17.1 Å². The minimum atomic E-state index is -3.59. The predicted molar refractivity (Wildman–Crippen MR) is 147 cm³/mol. The van der Waals surface area contributed by atoms with E-state index < -0.39 is 16.1 Å². The van der Waals surface area contributed by atoms with E-state index in [9.17, 15) is 18.0 Å². The molecule has 7 nitrogen and oxygen atoms in total. The van der Waals surface area contributed by atoms with E-state index in [-0.39, 0.29) is 30.8 Å². The number of hydrogen-bond acceptors (Lipinski definition) is 4. The fourth-order valence-electron chi connectivity index (χ4n) is 3.99. The molecular weight excluding hydrogens is 498 g/mol. The van der Waals surface area contributed by atoms with Crippen LogP contribution in [0.4, 0.5) is 5.69 Å². The van der Waals surface area contributed by atoms with Crippen molar-refractivity contribution in [2.45, 2.75) is 72.0 Å². The number of amides is 2. The van der Waals surface area contributed by atoms with Crippen LogP contribution < -0.4 is 9.62 Å². The summed E-state index contributed by atoms with van der Waals surface area (Å²) in [6, 6.07) is 14.1. The number of rotatable bonds is 13. The molecule has 2 aromatic rings. The average Bonchev–Trinajstić information content (AvgIpc) is 2.83. The topological polar surface area (TPSA) is 86.8 Å². The SMILES string of the molecule is CC[C@@H](C)NC(=O)[C@H](CC)N(Cc1ccccc1)C(=O)CCCN(c1cccc(Cl)c1C)S(C)(=O)=O. The highest BCUT2D eigenvalue weighted by Crippen LogP contribution is 2.28. The van der Waals surface area contributed by atoms with Crippen LogP contribution in [0.25, 0.3) is 0 Å². The quantitative estimate of drug-likeness (QED) is 0.394. The van der Waals surface area contributed by atoms with Crippen LogP contribution >= 0.6 is 11.6 Å². The summed E-state index contributed by atoms with van der Waals surface area (Å²) < 4.78 is 26.4. The number of nitrogens with zero attached hydrogens (tertiary/aromatic N) is 2. The van der Waals surface area contributed by atoms with E-state index >= 15 is 0 Å². The highest BCUT2D eigenvalue weighted by Gasteiger charge is 2.29. The Morgan fingerprint density at radius 2 is 1.69 bits per heavy atom. The van der Waals surface area contributed by atoms with Gasteiger partial charge in [-0.15, -0.1) is 0 Å². The molecule has 0 fully saturated rings. The maximum atomic E-state index is 13.5. The Labute approximate surface area is 220 Å². The van der Waals surface area contributed by atoms with Crippen molar-refractivity contribution in [1.82, 2.24) is 10.2 Å². The second-order valence-corrected chi connectivity index (χ2v) is 11.4. The van der Waals surface area contributed by atoms with Gasteiger partial charge in [-0.3, -0.25) is 13.9 Å². The molecule has 0 unspecified atom stereocenters. The van der Waals surface area contributed by atoms with Crippen LogP contribution in [0.3, 0.4) is 0 Å². The van der Waals surface area contributed by atoms with Crippen LogP contribution in [-0.2, 0) is 26.2 Å².